The molecule has 0 bridgehead atoms. The maximum atomic E-state index is 12.1. The van der Waals surface area contributed by atoms with Crippen LogP contribution in [0.15, 0.2) is 15.9 Å². The van der Waals surface area contributed by atoms with Gasteiger partial charge in [0.05, 0.1) is 10.3 Å². The summed E-state index contributed by atoms with van der Waals surface area (Å²) >= 11 is 5.14. The average molecular weight is 331 g/mol. The molecule has 1 aromatic rings. The van der Waals surface area contributed by atoms with Crippen LogP contribution in [0.1, 0.15) is 24.1 Å². The number of thiophene rings is 1. The standard InChI is InChI=1S/C13H19BrN2OS/c1-16(9-11-2-3-12(14)18-11)13(17)8-10-4-6-15-7-5-10/h2-3,10,15H,4-9H2,1H3. The summed E-state index contributed by atoms with van der Waals surface area (Å²) in [6.07, 6.45) is 2.96. The lowest BCUT2D eigenvalue weighted by Gasteiger charge is -2.24. The van der Waals surface area contributed by atoms with Crippen LogP contribution in [0.25, 0.3) is 0 Å². The van der Waals surface area contributed by atoms with Gasteiger partial charge in [-0.15, -0.1) is 11.3 Å². The number of nitrogens with one attached hydrogen (secondary N) is 1. The molecule has 0 aromatic carbocycles. The van der Waals surface area contributed by atoms with E-state index in [1.807, 2.05) is 18.0 Å². The van der Waals surface area contributed by atoms with Crippen molar-refractivity contribution in [2.45, 2.75) is 25.8 Å². The Hall–Kier alpha value is -0.390. The second-order valence-corrected chi connectivity index (χ2v) is 7.40. The van der Waals surface area contributed by atoms with Gasteiger partial charge < -0.3 is 10.2 Å². The van der Waals surface area contributed by atoms with Gasteiger partial charge in [-0.25, -0.2) is 0 Å². The maximum Gasteiger partial charge on any atom is 0.222 e. The van der Waals surface area contributed by atoms with Crippen molar-refractivity contribution in [1.29, 1.82) is 0 Å². The molecule has 1 aliphatic rings. The maximum absolute atomic E-state index is 12.1. The molecular formula is C13H19BrN2OS. The van der Waals surface area contributed by atoms with Gasteiger partial charge in [0.2, 0.25) is 5.91 Å². The zero-order valence-electron chi connectivity index (χ0n) is 10.6. The highest BCUT2D eigenvalue weighted by molar-refractivity contribution is 9.11. The van der Waals surface area contributed by atoms with Crippen LogP contribution in [0.4, 0.5) is 0 Å². The van der Waals surface area contributed by atoms with E-state index >= 15 is 0 Å². The van der Waals surface area contributed by atoms with Gasteiger partial charge in [0.25, 0.3) is 0 Å². The molecule has 1 N–H and O–H groups in total. The Labute approximate surface area is 121 Å². The number of halogens is 1. The van der Waals surface area contributed by atoms with E-state index in [4.69, 9.17) is 0 Å². The van der Waals surface area contributed by atoms with Crippen molar-refractivity contribution in [3.63, 3.8) is 0 Å². The first-order chi connectivity index (χ1) is 8.65. The van der Waals surface area contributed by atoms with Gasteiger partial charge in [-0.3, -0.25) is 4.79 Å². The van der Waals surface area contributed by atoms with Crippen LogP contribution in [-0.4, -0.2) is 30.9 Å². The lowest BCUT2D eigenvalue weighted by atomic mass is 9.94. The molecule has 0 atom stereocenters. The van der Waals surface area contributed by atoms with Crippen molar-refractivity contribution in [2.75, 3.05) is 20.1 Å². The van der Waals surface area contributed by atoms with E-state index in [-0.39, 0.29) is 5.91 Å². The highest BCUT2D eigenvalue weighted by atomic mass is 79.9. The van der Waals surface area contributed by atoms with Crippen LogP contribution in [0.3, 0.4) is 0 Å². The fourth-order valence-electron chi connectivity index (χ4n) is 2.25. The van der Waals surface area contributed by atoms with Gasteiger partial charge in [-0.1, -0.05) is 0 Å². The molecule has 1 saturated heterocycles. The summed E-state index contributed by atoms with van der Waals surface area (Å²) in [4.78, 5) is 15.2. The smallest absolute Gasteiger partial charge is 0.222 e. The van der Waals surface area contributed by atoms with Crippen molar-refractivity contribution in [2.24, 2.45) is 5.92 Å². The first-order valence-electron chi connectivity index (χ1n) is 6.34. The molecule has 5 heteroatoms. The summed E-state index contributed by atoms with van der Waals surface area (Å²) in [5.74, 6) is 0.836. The van der Waals surface area contributed by atoms with Crippen molar-refractivity contribution < 1.29 is 4.79 Å². The Balaban J connectivity index is 1.80. The number of amides is 1. The van der Waals surface area contributed by atoms with Crippen LogP contribution in [0.2, 0.25) is 0 Å². The number of piperidine rings is 1. The molecule has 1 aliphatic heterocycles. The lowest BCUT2D eigenvalue weighted by Crippen LogP contribution is -2.33. The zero-order valence-corrected chi connectivity index (χ0v) is 13.0. The molecule has 2 heterocycles. The molecule has 18 heavy (non-hydrogen) atoms. The van der Waals surface area contributed by atoms with Gasteiger partial charge in [0, 0.05) is 18.3 Å². The Morgan fingerprint density at radius 1 is 1.50 bits per heavy atom. The molecule has 100 valence electrons. The van der Waals surface area contributed by atoms with Crippen molar-refractivity contribution in [3.8, 4) is 0 Å². The summed E-state index contributed by atoms with van der Waals surface area (Å²) in [6, 6.07) is 4.11. The highest BCUT2D eigenvalue weighted by Gasteiger charge is 2.19. The Bertz CT molecular complexity index is 401. The van der Waals surface area contributed by atoms with E-state index in [9.17, 15) is 4.79 Å². The summed E-state index contributed by atoms with van der Waals surface area (Å²) in [6.45, 7) is 2.83. The van der Waals surface area contributed by atoms with Crippen LogP contribution in [0.5, 0.6) is 0 Å². The minimum atomic E-state index is 0.270. The fourth-order valence-corrected chi connectivity index (χ4v) is 3.78. The van der Waals surface area contributed by atoms with E-state index in [2.05, 4.69) is 27.3 Å². The summed E-state index contributed by atoms with van der Waals surface area (Å²) in [5.41, 5.74) is 0. The molecule has 1 fully saturated rings. The molecule has 0 saturated carbocycles. The minimum absolute atomic E-state index is 0.270. The van der Waals surface area contributed by atoms with E-state index in [1.54, 1.807) is 11.3 Å². The Morgan fingerprint density at radius 3 is 2.83 bits per heavy atom. The van der Waals surface area contributed by atoms with Crippen LogP contribution < -0.4 is 5.32 Å². The lowest BCUT2D eigenvalue weighted by molar-refractivity contribution is -0.131. The topological polar surface area (TPSA) is 32.3 Å². The van der Waals surface area contributed by atoms with E-state index in [0.29, 0.717) is 12.3 Å². The molecule has 0 radical (unpaired) electrons. The van der Waals surface area contributed by atoms with E-state index in [1.165, 1.54) is 4.88 Å². The molecule has 2 rings (SSSR count). The second kappa shape index (κ2) is 6.68. The summed E-state index contributed by atoms with van der Waals surface area (Å²) in [7, 11) is 1.90. The fraction of sp³-hybridized carbons (Fsp3) is 0.615. The number of hydrogen-bond acceptors (Lipinski definition) is 3. The number of hydrogen-bond donors (Lipinski definition) is 1. The van der Waals surface area contributed by atoms with Crippen molar-refractivity contribution >= 4 is 33.2 Å². The molecule has 0 spiro atoms. The normalized spacial score (nSPS) is 16.8. The zero-order chi connectivity index (χ0) is 13.0. The molecular weight excluding hydrogens is 312 g/mol. The van der Waals surface area contributed by atoms with Crippen molar-refractivity contribution in [1.82, 2.24) is 10.2 Å². The molecule has 0 unspecified atom stereocenters. The third kappa shape index (κ3) is 4.07. The van der Waals surface area contributed by atoms with E-state index < -0.39 is 0 Å². The molecule has 0 aliphatic carbocycles. The first kappa shape index (κ1) is 14.0. The van der Waals surface area contributed by atoms with Gasteiger partial charge in [0.15, 0.2) is 0 Å². The third-order valence-electron chi connectivity index (χ3n) is 3.37. The summed E-state index contributed by atoms with van der Waals surface area (Å²) in [5, 5.41) is 3.33. The molecule has 3 nitrogen and oxygen atoms in total. The number of carbonyl (C=O) groups excluding carboxylic acids is 1. The van der Waals surface area contributed by atoms with Crippen LogP contribution in [0, 0.1) is 5.92 Å². The number of carbonyl (C=O) groups is 1. The average Bonchev–Trinajstić information content (AvgIpc) is 2.76. The van der Waals surface area contributed by atoms with Gasteiger partial charge >= 0.3 is 0 Å². The van der Waals surface area contributed by atoms with Crippen molar-refractivity contribution in [3.05, 3.63) is 20.8 Å². The molecule has 1 aromatic heterocycles. The Kier molecular flexibility index (Phi) is 5.21. The van der Waals surface area contributed by atoms with Gasteiger partial charge in [-0.05, 0) is 59.9 Å². The summed E-state index contributed by atoms with van der Waals surface area (Å²) < 4.78 is 1.12. The highest BCUT2D eigenvalue weighted by Crippen LogP contribution is 2.24. The van der Waals surface area contributed by atoms with Crippen LogP contribution in [-0.2, 0) is 11.3 Å². The van der Waals surface area contributed by atoms with Gasteiger partial charge in [-0.2, -0.15) is 0 Å². The second-order valence-electron chi connectivity index (χ2n) is 4.85. The largest absolute Gasteiger partial charge is 0.341 e. The molecule has 1 amide bonds. The van der Waals surface area contributed by atoms with Crippen LogP contribution >= 0.6 is 27.3 Å². The predicted octanol–water partition coefficient (Wildman–Crippen LogP) is 2.86. The quantitative estimate of drug-likeness (QED) is 0.920. The predicted molar refractivity (Wildman–Crippen MR) is 78.7 cm³/mol. The Morgan fingerprint density at radius 2 is 2.22 bits per heavy atom. The number of nitrogens with zero attached hydrogens (tertiary/aromatic N) is 1. The number of rotatable bonds is 4. The third-order valence-corrected chi connectivity index (χ3v) is 4.98. The SMILES string of the molecule is CN(Cc1ccc(Br)s1)C(=O)CC1CCNCC1. The monoisotopic (exact) mass is 330 g/mol. The van der Waals surface area contributed by atoms with E-state index in [0.717, 1.165) is 36.3 Å². The minimum Gasteiger partial charge on any atom is -0.341 e. The first-order valence-corrected chi connectivity index (χ1v) is 7.95. The van der Waals surface area contributed by atoms with Gasteiger partial charge in [0.1, 0.15) is 0 Å².